The summed E-state index contributed by atoms with van der Waals surface area (Å²) < 4.78 is 27.2. The SMILES string of the molecule is CN(Cc1ccccc1)C(=O)CSc1nnc(-c2cccnc2)n1-c1ccc(SC(F)F)cc1. The molecule has 4 aromatic rings. The summed E-state index contributed by atoms with van der Waals surface area (Å²) in [6.45, 7) is 0.511. The highest BCUT2D eigenvalue weighted by Crippen LogP contribution is 2.30. The van der Waals surface area contributed by atoms with Crippen LogP contribution in [0.4, 0.5) is 8.78 Å². The average Bonchev–Trinajstić information content (AvgIpc) is 3.28. The van der Waals surface area contributed by atoms with Crippen molar-refractivity contribution in [3.05, 3.63) is 84.7 Å². The van der Waals surface area contributed by atoms with Crippen molar-refractivity contribution in [3.8, 4) is 17.1 Å². The van der Waals surface area contributed by atoms with Gasteiger partial charge in [-0.25, -0.2) is 0 Å². The molecule has 34 heavy (non-hydrogen) atoms. The number of carbonyl (C=O) groups is 1. The number of hydrogen-bond acceptors (Lipinski definition) is 6. The van der Waals surface area contributed by atoms with E-state index in [0.29, 0.717) is 39.9 Å². The molecule has 2 aromatic carbocycles. The first-order valence-corrected chi connectivity index (χ1v) is 12.2. The Bertz CT molecular complexity index is 1220. The Labute approximate surface area is 204 Å². The number of aromatic nitrogens is 4. The average molecular weight is 498 g/mol. The fraction of sp³-hybridized carbons (Fsp3) is 0.167. The van der Waals surface area contributed by atoms with Crippen LogP contribution in [-0.2, 0) is 11.3 Å². The van der Waals surface area contributed by atoms with Gasteiger partial charge in [0.2, 0.25) is 5.91 Å². The smallest absolute Gasteiger partial charge is 0.288 e. The van der Waals surface area contributed by atoms with Crippen molar-refractivity contribution in [1.82, 2.24) is 24.6 Å². The first-order chi connectivity index (χ1) is 16.5. The molecule has 174 valence electrons. The summed E-state index contributed by atoms with van der Waals surface area (Å²) in [7, 11) is 1.76. The minimum Gasteiger partial charge on any atom is -0.341 e. The van der Waals surface area contributed by atoms with Crippen LogP contribution >= 0.6 is 23.5 Å². The maximum atomic E-state index is 12.8. The molecule has 0 fully saturated rings. The van der Waals surface area contributed by atoms with E-state index in [2.05, 4.69) is 15.2 Å². The minimum atomic E-state index is -2.49. The molecular weight excluding hydrogens is 476 g/mol. The number of halogens is 2. The second-order valence-corrected chi connectivity index (χ2v) is 9.29. The molecule has 10 heteroatoms. The Balaban J connectivity index is 1.56. The molecular formula is C24H21F2N5OS2. The molecule has 2 heterocycles. The molecule has 0 spiro atoms. The molecule has 0 bridgehead atoms. The van der Waals surface area contributed by atoms with E-state index < -0.39 is 5.76 Å². The van der Waals surface area contributed by atoms with Crippen LogP contribution in [0.2, 0.25) is 0 Å². The van der Waals surface area contributed by atoms with Crippen molar-refractivity contribution >= 4 is 29.4 Å². The van der Waals surface area contributed by atoms with E-state index in [1.807, 2.05) is 41.0 Å². The Morgan fingerprint density at radius 2 is 1.79 bits per heavy atom. The third-order valence-electron chi connectivity index (χ3n) is 4.89. The number of carbonyl (C=O) groups excluding carboxylic acids is 1. The Morgan fingerprint density at radius 3 is 2.47 bits per heavy atom. The zero-order valence-corrected chi connectivity index (χ0v) is 19.8. The Kier molecular flexibility index (Phi) is 7.91. The second kappa shape index (κ2) is 11.3. The van der Waals surface area contributed by atoms with Gasteiger partial charge in [0, 0.05) is 42.1 Å². The first-order valence-electron chi connectivity index (χ1n) is 10.3. The van der Waals surface area contributed by atoms with Crippen LogP contribution in [0.3, 0.4) is 0 Å². The van der Waals surface area contributed by atoms with Gasteiger partial charge in [-0.3, -0.25) is 14.3 Å². The van der Waals surface area contributed by atoms with E-state index in [1.54, 1.807) is 54.7 Å². The minimum absolute atomic E-state index is 0.0463. The second-order valence-electron chi connectivity index (χ2n) is 7.28. The van der Waals surface area contributed by atoms with Crippen molar-refractivity contribution in [2.45, 2.75) is 22.4 Å². The number of nitrogens with zero attached hydrogens (tertiary/aromatic N) is 5. The molecule has 2 aromatic heterocycles. The van der Waals surface area contributed by atoms with Crippen LogP contribution in [0.1, 0.15) is 5.56 Å². The van der Waals surface area contributed by atoms with E-state index in [9.17, 15) is 13.6 Å². The molecule has 4 rings (SSSR count). The number of pyridine rings is 1. The third kappa shape index (κ3) is 6.00. The lowest BCUT2D eigenvalue weighted by molar-refractivity contribution is -0.127. The fourth-order valence-corrected chi connectivity index (χ4v) is 4.63. The quantitative estimate of drug-likeness (QED) is 0.289. The molecule has 1 amide bonds. The van der Waals surface area contributed by atoms with Crippen molar-refractivity contribution < 1.29 is 13.6 Å². The number of hydrogen-bond donors (Lipinski definition) is 0. The summed E-state index contributed by atoms with van der Waals surface area (Å²) in [6.07, 6.45) is 3.34. The van der Waals surface area contributed by atoms with Gasteiger partial charge in [-0.15, -0.1) is 10.2 Å². The van der Waals surface area contributed by atoms with Gasteiger partial charge in [-0.1, -0.05) is 53.9 Å². The van der Waals surface area contributed by atoms with Crippen LogP contribution < -0.4 is 0 Å². The summed E-state index contributed by atoms with van der Waals surface area (Å²) in [5, 5.41) is 9.16. The van der Waals surface area contributed by atoms with E-state index in [-0.39, 0.29) is 11.7 Å². The van der Waals surface area contributed by atoms with Gasteiger partial charge < -0.3 is 4.90 Å². The Hall–Kier alpha value is -3.24. The van der Waals surface area contributed by atoms with Gasteiger partial charge in [-0.05, 0) is 42.0 Å². The van der Waals surface area contributed by atoms with Gasteiger partial charge in [0.05, 0.1) is 5.75 Å². The van der Waals surface area contributed by atoms with Gasteiger partial charge in [-0.2, -0.15) is 8.78 Å². The van der Waals surface area contributed by atoms with Crippen LogP contribution in [0, 0.1) is 0 Å². The van der Waals surface area contributed by atoms with Crippen LogP contribution in [-0.4, -0.2) is 49.1 Å². The highest BCUT2D eigenvalue weighted by Gasteiger charge is 2.19. The lowest BCUT2D eigenvalue weighted by Crippen LogP contribution is -2.27. The molecule has 0 aliphatic heterocycles. The third-order valence-corrected chi connectivity index (χ3v) is 6.52. The number of amides is 1. The topological polar surface area (TPSA) is 63.9 Å². The predicted molar refractivity (Wildman–Crippen MR) is 130 cm³/mol. The summed E-state index contributed by atoms with van der Waals surface area (Å²) in [6, 6.07) is 20.2. The van der Waals surface area contributed by atoms with E-state index in [0.717, 1.165) is 11.1 Å². The molecule has 6 nitrogen and oxygen atoms in total. The summed E-state index contributed by atoms with van der Waals surface area (Å²) >= 11 is 1.76. The maximum Gasteiger partial charge on any atom is 0.288 e. The van der Waals surface area contributed by atoms with Crippen molar-refractivity contribution in [1.29, 1.82) is 0 Å². The zero-order chi connectivity index (χ0) is 23.9. The van der Waals surface area contributed by atoms with Crippen LogP contribution in [0.25, 0.3) is 17.1 Å². The van der Waals surface area contributed by atoms with Gasteiger partial charge in [0.25, 0.3) is 5.76 Å². The molecule has 0 aliphatic carbocycles. The van der Waals surface area contributed by atoms with Crippen LogP contribution in [0.15, 0.2) is 89.2 Å². The van der Waals surface area contributed by atoms with Gasteiger partial charge in [0.15, 0.2) is 11.0 Å². The fourth-order valence-electron chi connectivity index (χ4n) is 3.24. The largest absolute Gasteiger partial charge is 0.341 e. The lowest BCUT2D eigenvalue weighted by Gasteiger charge is -2.17. The molecule has 0 radical (unpaired) electrons. The molecule has 0 unspecified atom stereocenters. The number of rotatable bonds is 9. The maximum absolute atomic E-state index is 12.8. The van der Waals surface area contributed by atoms with Crippen molar-refractivity contribution in [3.63, 3.8) is 0 Å². The Morgan fingerprint density at radius 1 is 1.03 bits per heavy atom. The predicted octanol–water partition coefficient (Wildman–Crippen LogP) is 5.39. The zero-order valence-electron chi connectivity index (χ0n) is 18.2. The lowest BCUT2D eigenvalue weighted by atomic mass is 10.2. The highest BCUT2D eigenvalue weighted by atomic mass is 32.2. The molecule has 0 aliphatic rings. The molecule has 0 saturated carbocycles. The number of alkyl halides is 2. The van der Waals surface area contributed by atoms with Crippen molar-refractivity contribution in [2.24, 2.45) is 0 Å². The number of benzene rings is 2. The van der Waals surface area contributed by atoms with E-state index >= 15 is 0 Å². The highest BCUT2D eigenvalue weighted by molar-refractivity contribution is 8.00. The standard InChI is InChI=1S/C24H21F2N5OS2/c1-30(15-17-6-3-2-4-7-17)21(32)16-33-24-29-28-22(18-8-5-13-27-14-18)31(24)19-9-11-20(12-10-19)34-23(25)26/h2-14,23H,15-16H2,1H3. The van der Waals surface area contributed by atoms with E-state index in [4.69, 9.17) is 0 Å². The monoisotopic (exact) mass is 497 g/mol. The normalized spacial score (nSPS) is 11.1. The number of thioether (sulfide) groups is 2. The molecule has 0 saturated heterocycles. The molecule has 0 atom stereocenters. The van der Waals surface area contributed by atoms with Gasteiger partial charge in [0.1, 0.15) is 0 Å². The summed E-state index contributed by atoms with van der Waals surface area (Å²) in [4.78, 5) is 19.0. The molecule has 0 N–H and O–H groups in total. The van der Waals surface area contributed by atoms with Gasteiger partial charge >= 0.3 is 0 Å². The van der Waals surface area contributed by atoms with E-state index in [1.165, 1.54) is 11.8 Å². The summed E-state index contributed by atoms with van der Waals surface area (Å²) in [5.41, 5.74) is 2.50. The van der Waals surface area contributed by atoms with Crippen molar-refractivity contribution in [2.75, 3.05) is 12.8 Å². The van der Waals surface area contributed by atoms with Crippen LogP contribution in [0.5, 0.6) is 0 Å². The summed E-state index contributed by atoms with van der Waals surface area (Å²) in [5.74, 6) is -1.81. The first kappa shape index (κ1) is 23.9.